The SMILES string of the molecule is COc1cc(C(CC(=O)O)c2ccc3c(c2)C2C(CCN2C(=O)OC(C)(C)C)C3)c(C)c2nnn(C)c12. The molecule has 0 bridgehead atoms. The average Bonchev–Trinajstić information content (AvgIpc) is 3.50. The molecule has 3 unspecified atom stereocenters. The number of nitrogens with zero attached hydrogens (tertiary/aromatic N) is 4. The van der Waals surface area contributed by atoms with Crippen LogP contribution >= 0.6 is 0 Å². The summed E-state index contributed by atoms with van der Waals surface area (Å²) in [4.78, 5) is 26.9. The van der Waals surface area contributed by atoms with Gasteiger partial charge in [0.05, 0.1) is 19.6 Å². The van der Waals surface area contributed by atoms with Crippen molar-refractivity contribution >= 4 is 23.1 Å². The molecule has 1 aliphatic carbocycles. The van der Waals surface area contributed by atoms with Gasteiger partial charge in [0.1, 0.15) is 22.4 Å². The van der Waals surface area contributed by atoms with Gasteiger partial charge in [-0.25, -0.2) is 9.48 Å². The molecule has 9 heteroatoms. The van der Waals surface area contributed by atoms with Gasteiger partial charge in [-0.3, -0.25) is 4.79 Å². The summed E-state index contributed by atoms with van der Waals surface area (Å²) < 4.78 is 13.0. The molecule has 2 heterocycles. The van der Waals surface area contributed by atoms with E-state index in [4.69, 9.17) is 9.47 Å². The van der Waals surface area contributed by atoms with Crippen molar-refractivity contribution in [2.75, 3.05) is 13.7 Å². The van der Waals surface area contributed by atoms with E-state index in [1.807, 2.05) is 44.7 Å². The van der Waals surface area contributed by atoms with E-state index in [0.29, 0.717) is 23.7 Å². The second-order valence-corrected chi connectivity index (χ2v) is 11.2. The second kappa shape index (κ2) is 9.04. The molecule has 0 spiro atoms. The van der Waals surface area contributed by atoms with E-state index in [0.717, 1.165) is 40.6 Å². The Morgan fingerprint density at radius 2 is 2.00 bits per heavy atom. The van der Waals surface area contributed by atoms with Crippen LogP contribution in [0.1, 0.15) is 73.4 Å². The Kier molecular flexibility index (Phi) is 6.12. The highest BCUT2D eigenvalue weighted by Gasteiger charge is 2.45. The number of aromatic nitrogens is 3. The van der Waals surface area contributed by atoms with E-state index >= 15 is 0 Å². The first-order valence-corrected chi connectivity index (χ1v) is 12.7. The molecule has 1 amide bonds. The van der Waals surface area contributed by atoms with E-state index in [1.54, 1.807) is 18.8 Å². The van der Waals surface area contributed by atoms with Gasteiger partial charge in [0.25, 0.3) is 0 Å². The van der Waals surface area contributed by atoms with Crippen molar-refractivity contribution in [3.05, 3.63) is 52.1 Å². The molecule has 196 valence electrons. The number of benzene rings is 2. The van der Waals surface area contributed by atoms with Gasteiger partial charge in [-0.05, 0) is 80.3 Å². The second-order valence-electron chi connectivity index (χ2n) is 11.2. The summed E-state index contributed by atoms with van der Waals surface area (Å²) in [6, 6.07) is 8.07. The number of carbonyl (C=O) groups excluding carboxylic acids is 1. The van der Waals surface area contributed by atoms with Gasteiger partial charge < -0.3 is 19.5 Å². The Balaban J connectivity index is 1.58. The average molecular weight is 507 g/mol. The third kappa shape index (κ3) is 4.40. The maximum absolute atomic E-state index is 13.0. The summed E-state index contributed by atoms with van der Waals surface area (Å²) in [5, 5.41) is 18.4. The normalized spacial score (nSPS) is 19.6. The topological polar surface area (TPSA) is 107 Å². The number of methoxy groups -OCH3 is 1. The highest BCUT2D eigenvalue weighted by atomic mass is 16.6. The number of carbonyl (C=O) groups is 2. The van der Waals surface area contributed by atoms with E-state index in [2.05, 4.69) is 22.4 Å². The van der Waals surface area contributed by atoms with Gasteiger partial charge >= 0.3 is 12.1 Å². The number of carboxylic acids is 1. The Labute approximate surface area is 216 Å². The van der Waals surface area contributed by atoms with Crippen LogP contribution in [-0.4, -0.2) is 56.3 Å². The van der Waals surface area contributed by atoms with Gasteiger partial charge in [0, 0.05) is 19.5 Å². The van der Waals surface area contributed by atoms with Crippen LogP contribution in [0.2, 0.25) is 0 Å². The number of hydrogen-bond acceptors (Lipinski definition) is 6. The lowest BCUT2D eigenvalue weighted by atomic mass is 9.84. The molecule has 0 saturated carbocycles. The van der Waals surface area contributed by atoms with Crippen LogP contribution in [0.5, 0.6) is 5.75 Å². The van der Waals surface area contributed by atoms with Gasteiger partial charge in [-0.2, -0.15) is 0 Å². The van der Waals surface area contributed by atoms with E-state index in [1.165, 1.54) is 5.56 Å². The van der Waals surface area contributed by atoms with E-state index in [-0.39, 0.29) is 18.6 Å². The monoisotopic (exact) mass is 506 g/mol. The minimum atomic E-state index is -0.891. The number of hydrogen-bond donors (Lipinski definition) is 1. The van der Waals surface area contributed by atoms with Crippen molar-refractivity contribution in [1.29, 1.82) is 0 Å². The molecule has 1 N–H and O–H groups in total. The van der Waals surface area contributed by atoms with Crippen LogP contribution in [0.25, 0.3) is 11.0 Å². The van der Waals surface area contributed by atoms with E-state index in [9.17, 15) is 14.7 Å². The molecule has 3 aromatic rings. The lowest BCUT2D eigenvalue weighted by Gasteiger charge is -2.29. The first-order chi connectivity index (χ1) is 17.5. The van der Waals surface area contributed by atoms with Crippen LogP contribution in [0, 0.1) is 12.8 Å². The Bertz CT molecular complexity index is 1390. The highest BCUT2D eigenvalue weighted by molar-refractivity contribution is 5.86. The van der Waals surface area contributed by atoms with Gasteiger partial charge in [0.2, 0.25) is 0 Å². The molecule has 1 fully saturated rings. The predicted molar refractivity (Wildman–Crippen MR) is 138 cm³/mol. The largest absolute Gasteiger partial charge is 0.494 e. The number of fused-ring (bicyclic) bond motifs is 4. The predicted octanol–water partition coefficient (Wildman–Crippen LogP) is 4.75. The number of aliphatic carboxylic acids is 1. The van der Waals surface area contributed by atoms with Gasteiger partial charge in [-0.1, -0.05) is 23.4 Å². The summed E-state index contributed by atoms with van der Waals surface area (Å²) in [7, 11) is 3.40. The van der Waals surface area contributed by atoms with Crippen molar-refractivity contribution in [3.63, 3.8) is 0 Å². The number of carboxylic acid groups (broad SMARTS) is 1. The molecule has 1 aromatic heterocycles. The summed E-state index contributed by atoms with van der Waals surface area (Å²) in [6.45, 7) is 8.23. The third-order valence-corrected chi connectivity index (χ3v) is 7.63. The molecule has 5 rings (SSSR count). The fourth-order valence-corrected chi connectivity index (χ4v) is 6.03. The van der Waals surface area contributed by atoms with Gasteiger partial charge in [0.15, 0.2) is 0 Å². The maximum atomic E-state index is 13.0. The van der Waals surface area contributed by atoms with E-state index < -0.39 is 17.5 Å². The Morgan fingerprint density at radius 1 is 1.24 bits per heavy atom. The minimum absolute atomic E-state index is 0.0617. The molecule has 37 heavy (non-hydrogen) atoms. The fraction of sp³-hybridized carbons (Fsp3) is 0.500. The summed E-state index contributed by atoms with van der Waals surface area (Å²) >= 11 is 0. The third-order valence-electron chi connectivity index (χ3n) is 7.63. The smallest absolute Gasteiger partial charge is 0.410 e. The highest BCUT2D eigenvalue weighted by Crippen LogP contribution is 2.48. The summed E-state index contributed by atoms with van der Waals surface area (Å²) in [6.07, 6.45) is 1.45. The zero-order valence-electron chi connectivity index (χ0n) is 22.2. The van der Waals surface area contributed by atoms with Crippen LogP contribution in [0.4, 0.5) is 4.79 Å². The Morgan fingerprint density at radius 3 is 2.68 bits per heavy atom. The van der Waals surface area contributed by atoms with Gasteiger partial charge in [-0.15, -0.1) is 5.10 Å². The lowest BCUT2D eigenvalue weighted by molar-refractivity contribution is -0.137. The number of aryl methyl sites for hydroxylation is 2. The fourth-order valence-electron chi connectivity index (χ4n) is 6.03. The van der Waals surface area contributed by atoms with Crippen molar-refractivity contribution in [3.8, 4) is 5.75 Å². The molecular formula is C28H34N4O5. The van der Waals surface area contributed by atoms with Crippen LogP contribution in [0.3, 0.4) is 0 Å². The van der Waals surface area contributed by atoms with Crippen LogP contribution in [0.15, 0.2) is 24.3 Å². The van der Waals surface area contributed by atoms with Crippen LogP contribution < -0.4 is 4.74 Å². The van der Waals surface area contributed by atoms with Crippen molar-refractivity contribution in [2.45, 2.75) is 64.5 Å². The molecule has 3 atom stereocenters. The molecule has 2 aromatic carbocycles. The molecule has 0 radical (unpaired) electrons. The summed E-state index contributed by atoms with van der Waals surface area (Å²) in [5.74, 6) is -0.365. The number of likely N-dealkylation sites (tertiary alicyclic amines) is 1. The number of amides is 1. The zero-order chi connectivity index (χ0) is 26.6. The lowest BCUT2D eigenvalue weighted by Crippen LogP contribution is -2.36. The first-order valence-electron chi connectivity index (χ1n) is 12.7. The molecule has 2 aliphatic rings. The molecule has 9 nitrogen and oxygen atoms in total. The molecular weight excluding hydrogens is 472 g/mol. The number of rotatable bonds is 5. The zero-order valence-corrected chi connectivity index (χ0v) is 22.2. The van der Waals surface area contributed by atoms with Crippen LogP contribution in [-0.2, 0) is 23.0 Å². The number of ether oxygens (including phenoxy) is 2. The minimum Gasteiger partial charge on any atom is -0.494 e. The molecule has 1 aliphatic heterocycles. The van der Waals surface area contributed by atoms with Crippen molar-refractivity contribution < 1.29 is 24.2 Å². The molecule has 1 saturated heterocycles. The summed E-state index contributed by atoms with van der Waals surface area (Å²) in [5.41, 5.74) is 5.81. The standard InChI is InChI=1S/C28H34N4O5/c1-15-19(13-22(36-6)26-24(15)29-30-31(26)5)20(14-23(33)34)17-8-7-16-11-18-9-10-32(25(18)21(16)12-17)27(35)37-28(2,3)4/h7-8,12-13,18,20,25H,9-11,14H2,1-6H3,(H,33,34). The Hall–Kier alpha value is -3.62. The van der Waals surface area contributed by atoms with Crippen molar-refractivity contribution in [1.82, 2.24) is 19.9 Å². The quantitative estimate of drug-likeness (QED) is 0.532. The van der Waals surface area contributed by atoms with Crippen molar-refractivity contribution in [2.24, 2.45) is 13.0 Å². The maximum Gasteiger partial charge on any atom is 0.410 e. The first kappa shape index (κ1) is 25.0.